The van der Waals surface area contributed by atoms with Gasteiger partial charge in [-0.2, -0.15) is 0 Å². The summed E-state index contributed by atoms with van der Waals surface area (Å²) in [6.07, 6.45) is 5.17. The molecular weight excluding hydrogens is 368 g/mol. The van der Waals surface area contributed by atoms with E-state index < -0.39 is 0 Å². The van der Waals surface area contributed by atoms with E-state index >= 15 is 0 Å². The second-order valence-electron chi connectivity index (χ2n) is 6.26. The summed E-state index contributed by atoms with van der Waals surface area (Å²) >= 11 is 0. The molecular formula is C23H26N2O4. The summed E-state index contributed by atoms with van der Waals surface area (Å²) in [6.45, 7) is 7.67. The Morgan fingerprint density at radius 3 is 2.59 bits per heavy atom. The van der Waals surface area contributed by atoms with Gasteiger partial charge in [0.2, 0.25) is 11.8 Å². The number of nitrogens with one attached hydrogen (secondary N) is 2. The fourth-order valence-corrected chi connectivity index (χ4v) is 2.49. The van der Waals surface area contributed by atoms with Crippen LogP contribution in [0.4, 0.5) is 11.4 Å². The lowest BCUT2D eigenvalue weighted by atomic mass is 10.1. The highest BCUT2D eigenvalue weighted by atomic mass is 16.5. The van der Waals surface area contributed by atoms with Crippen molar-refractivity contribution in [3.63, 3.8) is 0 Å². The molecule has 0 aromatic heterocycles. The lowest BCUT2D eigenvalue weighted by Gasteiger charge is -2.11. The molecule has 0 aliphatic heterocycles. The van der Waals surface area contributed by atoms with Gasteiger partial charge in [-0.1, -0.05) is 31.7 Å². The van der Waals surface area contributed by atoms with Crippen LogP contribution in [-0.4, -0.2) is 25.5 Å². The molecule has 0 saturated heterocycles. The minimum atomic E-state index is -0.280. The van der Waals surface area contributed by atoms with Crippen LogP contribution in [0, 0.1) is 6.92 Å². The molecule has 6 nitrogen and oxygen atoms in total. The number of carbonyl (C=O) groups is 2. The maximum absolute atomic E-state index is 12.3. The first kappa shape index (κ1) is 21.8. The third-order valence-electron chi connectivity index (χ3n) is 4.07. The van der Waals surface area contributed by atoms with E-state index in [0.29, 0.717) is 35.9 Å². The van der Waals surface area contributed by atoms with Crippen molar-refractivity contribution < 1.29 is 19.1 Å². The second kappa shape index (κ2) is 10.7. The van der Waals surface area contributed by atoms with Gasteiger partial charge in [0.1, 0.15) is 6.61 Å². The monoisotopic (exact) mass is 394 g/mol. The van der Waals surface area contributed by atoms with Crippen molar-refractivity contribution in [1.82, 2.24) is 0 Å². The van der Waals surface area contributed by atoms with Crippen LogP contribution >= 0.6 is 0 Å². The van der Waals surface area contributed by atoms with Crippen molar-refractivity contribution in [1.29, 1.82) is 0 Å². The molecule has 0 spiro atoms. The molecule has 0 atom stereocenters. The highest BCUT2D eigenvalue weighted by molar-refractivity contribution is 6.03. The molecule has 0 aliphatic rings. The molecule has 2 N–H and O–H groups in total. The molecule has 0 aliphatic carbocycles. The van der Waals surface area contributed by atoms with E-state index in [9.17, 15) is 9.59 Å². The summed E-state index contributed by atoms with van der Waals surface area (Å²) in [5.41, 5.74) is 2.97. The van der Waals surface area contributed by atoms with Crippen LogP contribution < -0.4 is 20.1 Å². The zero-order valence-corrected chi connectivity index (χ0v) is 17.0. The van der Waals surface area contributed by atoms with Crippen molar-refractivity contribution in [3.05, 3.63) is 66.3 Å². The van der Waals surface area contributed by atoms with E-state index in [1.54, 1.807) is 50.5 Å². The first-order valence-electron chi connectivity index (χ1n) is 9.28. The topological polar surface area (TPSA) is 76.7 Å². The van der Waals surface area contributed by atoms with Crippen LogP contribution in [0.3, 0.4) is 0 Å². The predicted molar refractivity (Wildman–Crippen MR) is 116 cm³/mol. The summed E-state index contributed by atoms with van der Waals surface area (Å²) < 4.78 is 10.8. The van der Waals surface area contributed by atoms with Gasteiger partial charge in [0.15, 0.2) is 11.5 Å². The number of aryl methyl sites for hydroxylation is 1. The van der Waals surface area contributed by atoms with Crippen molar-refractivity contribution in [2.45, 2.75) is 20.3 Å². The van der Waals surface area contributed by atoms with Crippen molar-refractivity contribution >= 4 is 29.3 Å². The average molecular weight is 394 g/mol. The Balaban J connectivity index is 2.08. The summed E-state index contributed by atoms with van der Waals surface area (Å²) in [5, 5.41) is 5.62. The van der Waals surface area contributed by atoms with Gasteiger partial charge >= 0.3 is 0 Å². The Labute approximate surface area is 171 Å². The smallest absolute Gasteiger partial charge is 0.248 e. The quantitative estimate of drug-likeness (QED) is 0.483. The summed E-state index contributed by atoms with van der Waals surface area (Å²) in [6, 6.07) is 10.8. The Morgan fingerprint density at radius 1 is 1.10 bits per heavy atom. The Morgan fingerprint density at radius 2 is 1.90 bits per heavy atom. The van der Waals surface area contributed by atoms with Crippen molar-refractivity contribution in [2.24, 2.45) is 0 Å². The fourth-order valence-electron chi connectivity index (χ4n) is 2.49. The first-order chi connectivity index (χ1) is 14.0. The molecule has 29 heavy (non-hydrogen) atoms. The lowest BCUT2D eigenvalue weighted by Crippen LogP contribution is -2.12. The molecule has 2 amide bonds. The number of rotatable bonds is 9. The third kappa shape index (κ3) is 6.53. The molecule has 6 heteroatoms. The molecule has 0 radical (unpaired) electrons. The number of amides is 2. The highest BCUT2D eigenvalue weighted by Crippen LogP contribution is 2.28. The maximum atomic E-state index is 12.3. The molecule has 2 aromatic carbocycles. The summed E-state index contributed by atoms with van der Waals surface area (Å²) in [4.78, 5) is 23.9. The Hall–Kier alpha value is -3.54. The number of benzene rings is 2. The number of hydrogen-bond donors (Lipinski definition) is 2. The van der Waals surface area contributed by atoms with Crippen molar-refractivity contribution in [3.8, 4) is 11.5 Å². The summed E-state index contributed by atoms with van der Waals surface area (Å²) in [7, 11) is 1.56. The van der Waals surface area contributed by atoms with Crippen LogP contribution in [0.2, 0.25) is 0 Å². The average Bonchev–Trinajstić information content (AvgIpc) is 2.73. The van der Waals surface area contributed by atoms with Gasteiger partial charge < -0.3 is 20.1 Å². The molecule has 0 fully saturated rings. The molecule has 0 saturated carbocycles. The van der Waals surface area contributed by atoms with E-state index in [0.717, 1.165) is 11.1 Å². The minimum absolute atomic E-state index is 0.0829. The van der Waals surface area contributed by atoms with Crippen LogP contribution in [0.1, 0.15) is 24.5 Å². The van der Waals surface area contributed by atoms with Crippen LogP contribution in [-0.2, 0) is 9.59 Å². The molecule has 0 bridgehead atoms. The van der Waals surface area contributed by atoms with E-state index in [-0.39, 0.29) is 11.8 Å². The van der Waals surface area contributed by atoms with Gasteiger partial charge in [-0.05, 0) is 48.4 Å². The SMILES string of the molecule is C=CCOc1ccc(/C=C/C(=O)Nc2cc(NC(=O)CC)ccc2C)cc1OC. The maximum Gasteiger partial charge on any atom is 0.248 e. The number of methoxy groups -OCH3 is 1. The van der Waals surface area contributed by atoms with Gasteiger partial charge in [0.05, 0.1) is 7.11 Å². The molecule has 0 unspecified atom stereocenters. The zero-order valence-electron chi connectivity index (χ0n) is 17.0. The molecule has 2 rings (SSSR count). The lowest BCUT2D eigenvalue weighted by molar-refractivity contribution is -0.116. The Kier molecular flexibility index (Phi) is 8.03. The number of carbonyl (C=O) groups excluding carboxylic acids is 2. The standard InChI is InChI=1S/C23H26N2O4/c1-5-13-29-20-11-8-17(14-21(20)28-4)9-12-23(27)25-19-15-18(10-7-16(19)3)24-22(26)6-2/h5,7-12,14-15H,1,6,13H2,2-4H3,(H,24,26)(H,25,27)/b12-9+. The van der Waals surface area contributed by atoms with E-state index in [1.165, 1.54) is 6.08 Å². The van der Waals surface area contributed by atoms with E-state index in [4.69, 9.17) is 9.47 Å². The number of ether oxygens (including phenoxy) is 2. The minimum Gasteiger partial charge on any atom is -0.493 e. The highest BCUT2D eigenvalue weighted by Gasteiger charge is 2.07. The van der Waals surface area contributed by atoms with Gasteiger partial charge in [0, 0.05) is 23.9 Å². The Bertz CT molecular complexity index is 919. The van der Waals surface area contributed by atoms with E-state index in [2.05, 4.69) is 17.2 Å². The van der Waals surface area contributed by atoms with Gasteiger partial charge in [-0.25, -0.2) is 0 Å². The molecule has 2 aromatic rings. The predicted octanol–water partition coefficient (Wildman–Crippen LogP) is 4.57. The van der Waals surface area contributed by atoms with Crippen LogP contribution in [0.25, 0.3) is 6.08 Å². The first-order valence-corrected chi connectivity index (χ1v) is 9.28. The zero-order chi connectivity index (χ0) is 21.2. The molecule has 152 valence electrons. The van der Waals surface area contributed by atoms with Crippen LogP contribution in [0.15, 0.2) is 55.1 Å². The molecule has 0 heterocycles. The van der Waals surface area contributed by atoms with Crippen molar-refractivity contribution in [2.75, 3.05) is 24.4 Å². The van der Waals surface area contributed by atoms with Gasteiger partial charge in [-0.3, -0.25) is 9.59 Å². The summed E-state index contributed by atoms with van der Waals surface area (Å²) in [5.74, 6) is 0.818. The van der Waals surface area contributed by atoms with Gasteiger partial charge in [-0.15, -0.1) is 0 Å². The third-order valence-corrected chi connectivity index (χ3v) is 4.07. The van der Waals surface area contributed by atoms with Crippen LogP contribution in [0.5, 0.6) is 11.5 Å². The van der Waals surface area contributed by atoms with Gasteiger partial charge in [0.25, 0.3) is 0 Å². The largest absolute Gasteiger partial charge is 0.493 e. The normalized spacial score (nSPS) is 10.4. The number of hydrogen-bond acceptors (Lipinski definition) is 4. The van der Waals surface area contributed by atoms with E-state index in [1.807, 2.05) is 19.1 Å². The fraction of sp³-hybridized carbons (Fsp3) is 0.217. The second-order valence-corrected chi connectivity index (χ2v) is 6.26. The number of anilines is 2.